The molecule has 19 nitrogen and oxygen atoms in total. The normalized spacial score (nSPS) is 55.5. The van der Waals surface area contributed by atoms with Crippen molar-refractivity contribution in [3.63, 3.8) is 0 Å². The van der Waals surface area contributed by atoms with Gasteiger partial charge in [-0.3, -0.25) is 0 Å². The van der Waals surface area contributed by atoms with E-state index in [0.29, 0.717) is 38.5 Å². The van der Waals surface area contributed by atoms with Crippen molar-refractivity contribution in [2.75, 3.05) is 19.8 Å². The maximum Gasteiger partial charge on any atom is 0.187 e. The average molecular weight is 919 g/mol. The Morgan fingerprint density at radius 1 is 0.734 bits per heavy atom. The van der Waals surface area contributed by atoms with Gasteiger partial charge in [-0.25, -0.2) is 0 Å². The molecular formula is C45H74O19. The fourth-order valence-corrected chi connectivity index (χ4v) is 13.5. The Hall–Kier alpha value is -1.02. The van der Waals surface area contributed by atoms with Gasteiger partial charge >= 0.3 is 0 Å². The Morgan fingerprint density at radius 2 is 1.38 bits per heavy atom. The highest BCUT2D eigenvalue weighted by atomic mass is 16.8. The summed E-state index contributed by atoms with van der Waals surface area (Å²) in [5.41, 5.74) is -0.622. The van der Waals surface area contributed by atoms with Gasteiger partial charge in [0.2, 0.25) is 0 Å². The third kappa shape index (κ3) is 8.16. The van der Waals surface area contributed by atoms with Crippen molar-refractivity contribution < 1.29 is 94.4 Å². The molecule has 3 saturated carbocycles. The summed E-state index contributed by atoms with van der Waals surface area (Å²) in [7, 11) is 0. The second-order valence-electron chi connectivity index (χ2n) is 21.2. The first-order valence-electron chi connectivity index (χ1n) is 23.5. The number of aliphatic hydroxyl groups is 12. The summed E-state index contributed by atoms with van der Waals surface area (Å²) in [4.78, 5) is 0. The summed E-state index contributed by atoms with van der Waals surface area (Å²) in [5.74, 6) is -1.80. The number of allylic oxidation sites excluding steroid dienone is 1. The van der Waals surface area contributed by atoms with Crippen molar-refractivity contribution >= 4 is 0 Å². The molecule has 0 unspecified atom stereocenters. The van der Waals surface area contributed by atoms with E-state index < -0.39 is 128 Å². The molecule has 7 fully saturated rings. The van der Waals surface area contributed by atoms with Gasteiger partial charge in [0.15, 0.2) is 24.7 Å². The van der Waals surface area contributed by atoms with Crippen LogP contribution in [-0.2, 0) is 33.2 Å². The second-order valence-corrected chi connectivity index (χ2v) is 21.2. The predicted octanol–water partition coefficient (Wildman–Crippen LogP) is -1.72. The number of rotatable bonds is 12. The third-order valence-corrected chi connectivity index (χ3v) is 17.6. The van der Waals surface area contributed by atoms with Gasteiger partial charge in [-0.15, -0.1) is 0 Å². The van der Waals surface area contributed by atoms with Crippen molar-refractivity contribution in [1.82, 2.24) is 0 Å². The molecule has 26 atom stereocenters. The molecule has 0 bridgehead atoms. The van der Waals surface area contributed by atoms with Crippen molar-refractivity contribution in [2.24, 2.45) is 40.4 Å². The Morgan fingerprint density at radius 3 is 2.06 bits per heavy atom. The molecule has 0 aromatic rings. The van der Waals surface area contributed by atoms with Gasteiger partial charge in [-0.2, -0.15) is 0 Å². The summed E-state index contributed by atoms with van der Waals surface area (Å²) >= 11 is 0. The molecule has 4 saturated heterocycles. The highest BCUT2D eigenvalue weighted by Crippen LogP contribution is 2.71. The van der Waals surface area contributed by atoms with Crippen LogP contribution in [0, 0.1) is 40.4 Å². The first kappa shape index (κ1) is 49.4. The number of fused-ring (bicyclic) bond motifs is 7. The monoisotopic (exact) mass is 918 g/mol. The molecule has 4 aliphatic carbocycles. The summed E-state index contributed by atoms with van der Waals surface area (Å²) in [5, 5.41) is 128. The average Bonchev–Trinajstić information content (AvgIpc) is 3.65. The van der Waals surface area contributed by atoms with E-state index in [4.69, 9.17) is 33.2 Å². The zero-order valence-corrected chi connectivity index (χ0v) is 37.5. The minimum Gasteiger partial charge on any atom is -0.394 e. The maximum absolute atomic E-state index is 13.0. The van der Waals surface area contributed by atoms with E-state index in [2.05, 4.69) is 19.9 Å². The highest BCUT2D eigenvalue weighted by Gasteiger charge is 2.74. The summed E-state index contributed by atoms with van der Waals surface area (Å²) in [6, 6.07) is 0. The fraction of sp³-hybridized carbons (Fsp3) is 0.956. The zero-order valence-electron chi connectivity index (χ0n) is 37.5. The van der Waals surface area contributed by atoms with Crippen LogP contribution in [0.2, 0.25) is 0 Å². The van der Waals surface area contributed by atoms with Crippen LogP contribution >= 0.6 is 0 Å². The van der Waals surface area contributed by atoms with Gasteiger partial charge in [-0.05, 0) is 75.0 Å². The van der Waals surface area contributed by atoms with Gasteiger partial charge in [-0.1, -0.05) is 39.3 Å². The Kier molecular flexibility index (Phi) is 14.2. The summed E-state index contributed by atoms with van der Waals surface area (Å²) in [6.07, 6.45) is -14.1. The number of ether oxygens (including phenoxy) is 7. The third-order valence-electron chi connectivity index (χ3n) is 17.6. The van der Waals surface area contributed by atoms with Crippen LogP contribution in [0.25, 0.3) is 0 Å². The molecule has 12 N–H and O–H groups in total. The molecule has 0 radical (unpaired) electrons. The lowest BCUT2D eigenvalue weighted by Gasteiger charge is -2.61. The predicted molar refractivity (Wildman–Crippen MR) is 219 cm³/mol. The van der Waals surface area contributed by atoms with Crippen LogP contribution in [0.15, 0.2) is 11.6 Å². The molecule has 8 aliphatic rings. The Labute approximate surface area is 373 Å². The Bertz CT molecular complexity index is 1660. The minimum atomic E-state index is -1.67. The number of hydrogen-bond acceptors (Lipinski definition) is 19. The fourth-order valence-electron chi connectivity index (χ4n) is 13.5. The second kappa shape index (κ2) is 18.4. The molecule has 0 aromatic carbocycles. The van der Waals surface area contributed by atoms with Crippen LogP contribution in [0.3, 0.4) is 0 Å². The van der Waals surface area contributed by atoms with Crippen molar-refractivity contribution in [1.29, 1.82) is 0 Å². The van der Waals surface area contributed by atoms with E-state index in [1.54, 1.807) is 0 Å². The van der Waals surface area contributed by atoms with Crippen LogP contribution < -0.4 is 0 Å². The lowest BCUT2D eigenvalue weighted by atomic mass is 9.45. The smallest absolute Gasteiger partial charge is 0.187 e. The SMILES string of the molecule is C[C@H](CC[C@]1(O)O[C@H]2C[C@@]3(O)[C@@H]4CC=C5C[C@@H](O[C@@H]6O[C@H](CO)[C@@H](O)[C@H](O)[C@H]6O[C@@H]6O[C@@H](C)[C@H](O)[C@@H](O)[C@H]6O)CC[C@]5(C)[C@H]4CC[C@]3(C)[C@H]2[C@@H]1C)CO[C@@H]1O[C@H](CO)[C@@H](O)[C@H](O)[C@H]1O. The van der Waals surface area contributed by atoms with Crippen LogP contribution in [0.1, 0.15) is 92.4 Å². The van der Waals surface area contributed by atoms with Gasteiger partial charge in [0.05, 0.1) is 43.7 Å². The van der Waals surface area contributed by atoms with Gasteiger partial charge in [0.25, 0.3) is 0 Å². The topological polar surface area (TPSA) is 307 Å². The highest BCUT2D eigenvalue weighted by molar-refractivity contribution is 5.29. The van der Waals surface area contributed by atoms with E-state index in [0.717, 1.165) is 19.3 Å². The zero-order chi connectivity index (χ0) is 46.4. The lowest BCUT2D eigenvalue weighted by Crippen LogP contribution is -2.64. The van der Waals surface area contributed by atoms with E-state index in [-0.39, 0.29) is 47.7 Å². The van der Waals surface area contributed by atoms with Gasteiger partial charge in [0, 0.05) is 30.1 Å². The standard InChI is InChI=1S/C45H74O19/c1-19(18-58-39-36(54)34(52)31(49)27(16-46)61-39)8-13-45(57)20(2)29-26(64-45)15-44(56)25-7-6-22-14-23(9-11-42(22,4)24(25)10-12-43(29,44)5)60-41-38(35(53)32(50)28(17-47)62-41)63-40-37(55)33(51)30(48)21(3)59-40/h6,19-21,23-41,46-57H,7-18H2,1-5H3/t19-,20+,21+,23+,24+,25-,26+,27-,28-,29+,30+,31-,32-,33-,34+,35+,36-,37-,38-,39-,40+,41-,42+,43-,44-,45+/m1/s1. The first-order valence-corrected chi connectivity index (χ1v) is 23.5. The molecule has 368 valence electrons. The van der Waals surface area contributed by atoms with Crippen molar-refractivity contribution in [3.8, 4) is 0 Å². The van der Waals surface area contributed by atoms with Crippen LogP contribution in [0.4, 0.5) is 0 Å². The molecule has 0 amide bonds. The summed E-state index contributed by atoms with van der Waals surface area (Å²) < 4.78 is 41.9. The Balaban J connectivity index is 0.903. The molecule has 4 heterocycles. The molecule has 0 aromatic heterocycles. The van der Waals surface area contributed by atoms with Crippen LogP contribution in [-0.4, -0.2) is 197 Å². The van der Waals surface area contributed by atoms with E-state index in [9.17, 15) is 61.3 Å². The van der Waals surface area contributed by atoms with E-state index >= 15 is 0 Å². The van der Waals surface area contributed by atoms with E-state index in [1.807, 2.05) is 13.8 Å². The number of aliphatic hydroxyl groups excluding tert-OH is 10. The molecule has 64 heavy (non-hydrogen) atoms. The van der Waals surface area contributed by atoms with Crippen molar-refractivity contribution in [2.45, 2.75) is 208 Å². The largest absolute Gasteiger partial charge is 0.394 e. The number of hydrogen-bond donors (Lipinski definition) is 12. The minimum absolute atomic E-state index is 0.0499. The maximum atomic E-state index is 13.0. The molecule has 19 heteroatoms. The van der Waals surface area contributed by atoms with E-state index in [1.165, 1.54) is 12.5 Å². The molecule has 4 aliphatic heterocycles. The molecular weight excluding hydrogens is 844 g/mol. The van der Waals surface area contributed by atoms with Gasteiger partial charge in [0.1, 0.15) is 67.1 Å². The first-order chi connectivity index (χ1) is 30.1. The van der Waals surface area contributed by atoms with Gasteiger partial charge < -0.3 is 94.4 Å². The molecule has 0 spiro atoms. The lowest BCUT2D eigenvalue weighted by molar-refractivity contribution is -0.369. The summed E-state index contributed by atoms with van der Waals surface area (Å²) in [6.45, 7) is 8.83. The van der Waals surface area contributed by atoms with Crippen molar-refractivity contribution in [3.05, 3.63) is 11.6 Å². The van der Waals surface area contributed by atoms with Crippen LogP contribution in [0.5, 0.6) is 0 Å². The quantitative estimate of drug-likeness (QED) is 0.0970. The molecule has 8 rings (SSSR count).